The average Bonchev–Trinajstić information content (AvgIpc) is 2.68. The summed E-state index contributed by atoms with van der Waals surface area (Å²) in [5.74, 6) is 0.424. The van der Waals surface area contributed by atoms with E-state index in [1.54, 1.807) is 11.9 Å². The van der Waals surface area contributed by atoms with E-state index in [1.807, 2.05) is 7.05 Å². The second-order valence-corrected chi connectivity index (χ2v) is 4.34. The molecule has 15 heavy (non-hydrogen) atoms. The zero-order chi connectivity index (χ0) is 11.2. The standard InChI is InChI=1S/C10H18N4O/c1-4-9(15)13(3)8-5-7-6-12(2)14(8)10(7)11/h4,7-8,10H,1,5-6,11H2,2-3H3/t7-,8-,10-/m0/s1. The summed E-state index contributed by atoms with van der Waals surface area (Å²) in [4.78, 5) is 13.2. The van der Waals surface area contributed by atoms with Gasteiger partial charge in [-0.2, -0.15) is 0 Å². The molecule has 2 bridgehead atoms. The van der Waals surface area contributed by atoms with Gasteiger partial charge in [0.15, 0.2) is 0 Å². The van der Waals surface area contributed by atoms with Crippen LogP contribution < -0.4 is 5.73 Å². The number of rotatable bonds is 2. The topological polar surface area (TPSA) is 52.8 Å². The molecule has 2 aliphatic rings. The quantitative estimate of drug-likeness (QED) is 0.620. The minimum atomic E-state index is -0.0480. The van der Waals surface area contributed by atoms with Gasteiger partial charge in [0.1, 0.15) is 6.17 Å². The molecule has 1 amide bonds. The predicted octanol–water partition coefficient (Wildman–Crippen LogP) is -0.576. The summed E-state index contributed by atoms with van der Waals surface area (Å²) < 4.78 is 0. The van der Waals surface area contributed by atoms with E-state index in [4.69, 9.17) is 5.73 Å². The number of hydrogen-bond acceptors (Lipinski definition) is 4. The molecule has 5 nitrogen and oxygen atoms in total. The van der Waals surface area contributed by atoms with E-state index < -0.39 is 0 Å². The van der Waals surface area contributed by atoms with Crippen LogP contribution in [0.5, 0.6) is 0 Å². The van der Waals surface area contributed by atoms with E-state index in [0.717, 1.165) is 13.0 Å². The molecule has 0 saturated carbocycles. The first-order valence-corrected chi connectivity index (χ1v) is 5.20. The van der Waals surface area contributed by atoms with Crippen LogP contribution in [0, 0.1) is 5.92 Å². The first-order valence-electron chi connectivity index (χ1n) is 5.20. The average molecular weight is 210 g/mol. The summed E-state index contributed by atoms with van der Waals surface area (Å²) in [7, 11) is 3.81. The highest BCUT2D eigenvalue weighted by Gasteiger charge is 2.49. The Bertz CT molecular complexity index is 293. The van der Waals surface area contributed by atoms with Gasteiger partial charge in [0.2, 0.25) is 5.91 Å². The van der Waals surface area contributed by atoms with Crippen LogP contribution in [0.3, 0.4) is 0 Å². The third kappa shape index (κ3) is 1.47. The van der Waals surface area contributed by atoms with E-state index >= 15 is 0 Å². The summed E-state index contributed by atoms with van der Waals surface area (Å²) in [5.41, 5.74) is 6.06. The minimum absolute atomic E-state index is 0.0480. The Hall–Kier alpha value is -0.910. The molecule has 2 fully saturated rings. The van der Waals surface area contributed by atoms with Crippen LogP contribution in [0.2, 0.25) is 0 Å². The van der Waals surface area contributed by atoms with Crippen molar-refractivity contribution in [2.45, 2.75) is 18.8 Å². The monoisotopic (exact) mass is 210 g/mol. The molecule has 0 aromatic heterocycles. The number of likely N-dealkylation sites (N-methyl/N-ethyl adjacent to an activating group) is 1. The van der Waals surface area contributed by atoms with Gasteiger partial charge in [-0.25, -0.2) is 10.0 Å². The number of nitrogens with zero attached hydrogens (tertiary/aromatic N) is 3. The Kier molecular flexibility index (Phi) is 2.54. The second kappa shape index (κ2) is 3.59. The number of hydrogen-bond donors (Lipinski definition) is 1. The number of amides is 1. The van der Waals surface area contributed by atoms with Crippen molar-refractivity contribution in [1.82, 2.24) is 14.9 Å². The molecule has 0 aromatic carbocycles. The zero-order valence-electron chi connectivity index (χ0n) is 9.26. The summed E-state index contributed by atoms with van der Waals surface area (Å²) >= 11 is 0. The second-order valence-electron chi connectivity index (χ2n) is 4.34. The van der Waals surface area contributed by atoms with Crippen LogP contribution in [0.15, 0.2) is 12.7 Å². The number of carbonyl (C=O) groups is 1. The summed E-state index contributed by atoms with van der Waals surface area (Å²) in [6.45, 7) is 4.49. The van der Waals surface area contributed by atoms with Crippen molar-refractivity contribution in [3.8, 4) is 0 Å². The van der Waals surface area contributed by atoms with Gasteiger partial charge in [-0.15, -0.1) is 0 Å². The third-order valence-corrected chi connectivity index (χ3v) is 3.47. The minimum Gasteiger partial charge on any atom is -0.325 e. The van der Waals surface area contributed by atoms with Gasteiger partial charge in [-0.1, -0.05) is 6.58 Å². The molecule has 2 aliphatic heterocycles. The summed E-state index contributed by atoms with van der Waals surface area (Å²) in [6.07, 6.45) is 2.45. The van der Waals surface area contributed by atoms with Gasteiger partial charge in [-0.05, 0) is 12.5 Å². The predicted molar refractivity (Wildman–Crippen MR) is 57.3 cm³/mol. The lowest BCUT2D eigenvalue weighted by Crippen LogP contribution is -2.54. The zero-order valence-corrected chi connectivity index (χ0v) is 9.26. The molecule has 0 aliphatic carbocycles. The lowest BCUT2D eigenvalue weighted by Gasteiger charge is -2.38. The smallest absolute Gasteiger partial charge is 0.246 e. The lowest BCUT2D eigenvalue weighted by atomic mass is 10.1. The molecule has 5 heteroatoms. The van der Waals surface area contributed by atoms with Crippen molar-refractivity contribution in [1.29, 1.82) is 0 Å². The molecule has 2 heterocycles. The van der Waals surface area contributed by atoms with Crippen molar-refractivity contribution >= 4 is 5.91 Å². The fourth-order valence-electron chi connectivity index (χ4n) is 2.63. The van der Waals surface area contributed by atoms with Crippen LogP contribution in [-0.4, -0.2) is 53.8 Å². The molecule has 2 rings (SSSR count). The number of hydrazine groups is 1. The Morgan fingerprint density at radius 1 is 1.67 bits per heavy atom. The van der Waals surface area contributed by atoms with Gasteiger partial charge in [0.25, 0.3) is 0 Å². The van der Waals surface area contributed by atoms with Crippen LogP contribution in [0.4, 0.5) is 0 Å². The fraction of sp³-hybridized carbons (Fsp3) is 0.700. The van der Waals surface area contributed by atoms with Crippen LogP contribution in [0.1, 0.15) is 6.42 Å². The molecule has 2 saturated heterocycles. The lowest BCUT2D eigenvalue weighted by molar-refractivity contribution is -0.138. The maximum Gasteiger partial charge on any atom is 0.246 e. The molecule has 2 N–H and O–H groups in total. The van der Waals surface area contributed by atoms with Gasteiger partial charge in [-0.3, -0.25) is 4.79 Å². The largest absolute Gasteiger partial charge is 0.325 e. The Labute approximate surface area is 90.1 Å². The number of carbonyl (C=O) groups excluding carboxylic acids is 1. The Morgan fingerprint density at radius 2 is 2.33 bits per heavy atom. The van der Waals surface area contributed by atoms with Gasteiger partial charge >= 0.3 is 0 Å². The van der Waals surface area contributed by atoms with E-state index in [9.17, 15) is 4.79 Å². The van der Waals surface area contributed by atoms with Crippen LogP contribution >= 0.6 is 0 Å². The highest BCUT2D eigenvalue weighted by Crippen LogP contribution is 2.36. The molecule has 1 unspecified atom stereocenters. The summed E-state index contributed by atoms with van der Waals surface area (Å²) in [6, 6.07) is 0. The van der Waals surface area contributed by atoms with Gasteiger partial charge in [0.05, 0.1) is 6.17 Å². The summed E-state index contributed by atoms with van der Waals surface area (Å²) in [5, 5.41) is 4.20. The highest BCUT2D eigenvalue weighted by molar-refractivity contribution is 5.87. The third-order valence-electron chi connectivity index (χ3n) is 3.47. The van der Waals surface area contributed by atoms with Crippen molar-refractivity contribution in [3.63, 3.8) is 0 Å². The molecular weight excluding hydrogens is 192 g/mol. The SMILES string of the molecule is C=CC(=O)N(C)[C@@H]1C[C@H]2CN(C)N1[C@@H]2N. The maximum atomic E-state index is 11.5. The van der Waals surface area contributed by atoms with E-state index in [-0.39, 0.29) is 18.2 Å². The molecule has 0 aromatic rings. The van der Waals surface area contributed by atoms with Crippen molar-refractivity contribution in [3.05, 3.63) is 12.7 Å². The van der Waals surface area contributed by atoms with Gasteiger partial charge < -0.3 is 10.6 Å². The first kappa shape index (κ1) is 10.6. The van der Waals surface area contributed by atoms with E-state index in [0.29, 0.717) is 5.92 Å². The normalized spacial score (nSPS) is 39.4. The maximum absolute atomic E-state index is 11.5. The number of fused-ring (bicyclic) bond motifs is 2. The Balaban J connectivity index is 2.13. The number of nitrogens with two attached hydrogens (primary N) is 1. The first-order chi connectivity index (χ1) is 7.06. The Morgan fingerprint density at radius 3 is 2.80 bits per heavy atom. The molecular formula is C10H18N4O. The van der Waals surface area contributed by atoms with Crippen LogP contribution in [0.25, 0.3) is 0 Å². The van der Waals surface area contributed by atoms with E-state index in [2.05, 4.69) is 16.6 Å². The molecule has 84 valence electrons. The van der Waals surface area contributed by atoms with Crippen molar-refractivity contribution in [2.75, 3.05) is 20.6 Å². The van der Waals surface area contributed by atoms with Crippen molar-refractivity contribution < 1.29 is 4.79 Å². The van der Waals surface area contributed by atoms with E-state index in [1.165, 1.54) is 6.08 Å². The molecule has 0 radical (unpaired) electrons. The molecule has 4 atom stereocenters. The van der Waals surface area contributed by atoms with Gasteiger partial charge in [0, 0.05) is 26.6 Å². The van der Waals surface area contributed by atoms with Crippen molar-refractivity contribution in [2.24, 2.45) is 11.7 Å². The molecule has 0 spiro atoms. The highest BCUT2D eigenvalue weighted by atomic mass is 16.2. The fourth-order valence-corrected chi connectivity index (χ4v) is 2.63. The van der Waals surface area contributed by atoms with Crippen LogP contribution in [-0.2, 0) is 4.79 Å².